The molecule has 2 aromatic rings. The lowest BCUT2D eigenvalue weighted by Crippen LogP contribution is -2.29. The standard InChI is InChI=1S/C13H20N6S3/c1-18(2)7-8-19-12(15-16-17-19)10(9-20)13(21,22)11-5-3-4-6-14-11/h3-6,10,20-22H,7-9H2,1-2H3. The molecule has 2 rings (SSSR count). The van der Waals surface area contributed by atoms with E-state index in [4.69, 9.17) is 25.3 Å². The van der Waals surface area contributed by atoms with E-state index in [0.29, 0.717) is 18.1 Å². The molecule has 0 aliphatic heterocycles. The van der Waals surface area contributed by atoms with Gasteiger partial charge in [0.1, 0.15) is 4.08 Å². The summed E-state index contributed by atoms with van der Waals surface area (Å²) in [5, 5.41) is 12.0. The largest absolute Gasteiger partial charge is 0.308 e. The van der Waals surface area contributed by atoms with Crippen molar-refractivity contribution in [2.75, 3.05) is 26.4 Å². The Morgan fingerprint density at radius 1 is 1.32 bits per heavy atom. The van der Waals surface area contributed by atoms with E-state index in [2.05, 4.69) is 38.0 Å². The van der Waals surface area contributed by atoms with Crippen LogP contribution in [0, 0.1) is 0 Å². The van der Waals surface area contributed by atoms with Gasteiger partial charge in [-0.3, -0.25) is 4.98 Å². The first-order chi connectivity index (χ1) is 10.5. The third kappa shape index (κ3) is 3.95. The fourth-order valence-corrected chi connectivity index (χ4v) is 3.47. The molecule has 2 heterocycles. The van der Waals surface area contributed by atoms with Gasteiger partial charge in [-0.1, -0.05) is 6.07 Å². The van der Waals surface area contributed by atoms with E-state index in [1.165, 1.54) is 0 Å². The number of pyridine rings is 1. The summed E-state index contributed by atoms with van der Waals surface area (Å²) in [6.45, 7) is 1.53. The van der Waals surface area contributed by atoms with Crippen LogP contribution in [-0.4, -0.2) is 56.5 Å². The average Bonchev–Trinajstić information content (AvgIpc) is 2.95. The van der Waals surface area contributed by atoms with E-state index in [-0.39, 0.29) is 5.92 Å². The minimum Gasteiger partial charge on any atom is -0.308 e. The summed E-state index contributed by atoms with van der Waals surface area (Å²) in [6, 6.07) is 5.66. The first-order valence-electron chi connectivity index (χ1n) is 6.84. The molecular weight excluding hydrogens is 336 g/mol. The van der Waals surface area contributed by atoms with E-state index in [1.54, 1.807) is 10.9 Å². The van der Waals surface area contributed by atoms with Crippen LogP contribution in [0.5, 0.6) is 0 Å². The van der Waals surface area contributed by atoms with Crippen molar-refractivity contribution in [1.29, 1.82) is 0 Å². The van der Waals surface area contributed by atoms with E-state index < -0.39 is 4.08 Å². The molecule has 0 spiro atoms. The van der Waals surface area contributed by atoms with Crippen molar-refractivity contribution in [3.8, 4) is 0 Å². The molecule has 6 nitrogen and oxygen atoms in total. The highest BCUT2D eigenvalue weighted by molar-refractivity contribution is 7.99. The van der Waals surface area contributed by atoms with Crippen molar-refractivity contribution < 1.29 is 0 Å². The van der Waals surface area contributed by atoms with Crippen LogP contribution in [0.15, 0.2) is 24.4 Å². The zero-order valence-electron chi connectivity index (χ0n) is 12.5. The first kappa shape index (κ1) is 17.6. The van der Waals surface area contributed by atoms with E-state index in [0.717, 1.165) is 12.2 Å². The maximum atomic E-state index is 4.73. The summed E-state index contributed by atoms with van der Waals surface area (Å²) in [6.07, 6.45) is 1.72. The van der Waals surface area contributed by atoms with Crippen LogP contribution in [0.25, 0.3) is 0 Å². The molecule has 0 N–H and O–H groups in total. The topological polar surface area (TPSA) is 59.7 Å². The summed E-state index contributed by atoms with van der Waals surface area (Å²) >= 11 is 13.9. The molecule has 0 amide bonds. The van der Waals surface area contributed by atoms with Gasteiger partial charge in [-0.15, -0.1) is 5.10 Å². The molecule has 0 fully saturated rings. The lowest BCUT2D eigenvalue weighted by atomic mass is 10.0. The number of tetrazole rings is 1. The Labute approximate surface area is 146 Å². The SMILES string of the molecule is CN(C)CCn1nnnc1C(CS)C(S)(S)c1ccccn1. The molecule has 1 unspecified atom stereocenters. The highest BCUT2D eigenvalue weighted by Crippen LogP contribution is 2.44. The maximum absolute atomic E-state index is 4.73. The van der Waals surface area contributed by atoms with Crippen LogP contribution in [0.3, 0.4) is 0 Å². The summed E-state index contributed by atoms with van der Waals surface area (Å²) in [5.74, 6) is 1.04. The Morgan fingerprint density at radius 3 is 2.68 bits per heavy atom. The van der Waals surface area contributed by atoms with E-state index in [1.807, 2.05) is 32.3 Å². The highest BCUT2D eigenvalue weighted by atomic mass is 32.2. The van der Waals surface area contributed by atoms with E-state index >= 15 is 0 Å². The Morgan fingerprint density at radius 2 is 2.09 bits per heavy atom. The number of hydrogen-bond acceptors (Lipinski definition) is 8. The lowest BCUT2D eigenvalue weighted by Gasteiger charge is -2.30. The second-order valence-electron chi connectivity index (χ2n) is 5.24. The molecule has 9 heteroatoms. The molecule has 0 saturated carbocycles. The van der Waals surface area contributed by atoms with Gasteiger partial charge in [-0.05, 0) is 36.7 Å². The van der Waals surface area contributed by atoms with Crippen molar-refractivity contribution >= 4 is 37.9 Å². The lowest BCUT2D eigenvalue weighted by molar-refractivity contribution is 0.363. The molecule has 0 aliphatic carbocycles. The average molecular weight is 357 g/mol. The number of hydrogen-bond donors (Lipinski definition) is 3. The van der Waals surface area contributed by atoms with Gasteiger partial charge in [0.2, 0.25) is 0 Å². The molecule has 2 aromatic heterocycles. The van der Waals surface area contributed by atoms with Crippen molar-refractivity contribution in [2.24, 2.45) is 0 Å². The zero-order chi connectivity index (χ0) is 16.2. The predicted molar refractivity (Wildman–Crippen MR) is 96.9 cm³/mol. The van der Waals surface area contributed by atoms with Gasteiger partial charge < -0.3 is 4.90 Å². The monoisotopic (exact) mass is 356 g/mol. The van der Waals surface area contributed by atoms with Crippen LogP contribution in [-0.2, 0) is 10.6 Å². The second-order valence-corrected chi connectivity index (χ2v) is 7.37. The Hall–Kier alpha value is -0.770. The minimum absolute atomic E-state index is 0.186. The van der Waals surface area contributed by atoms with Crippen molar-refractivity contribution in [3.63, 3.8) is 0 Å². The van der Waals surface area contributed by atoms with Gasteiger partial charge in [0.05, 0.1) is 18.2 Å². The van der Waals surface area contributed by atoms with Crippen molar-refractivity contribution in [2.45, 2.75) is 16.5 Å². The molecule has 22 heavy (non-hydrogen) atoms. The molecule has 0 saturated heterocycles. The predicted octanol–water partition coefficient (Wildman–Crippen LogP) is 1.36. The Balaban J connectivity index is 2.30. The Kier molecular flexibility index (Phi) is 6.13. The van der Waals surface area contributed by atoms with Crippen LogP contribution in [0.4, 0.5) is 0 Å². The third-order valence-electron chi connectivity index (χ3n) is 3.34. The molecule has 0 bridgehead atoms. The molecule has 0 aliphatic rings. The van der Waals surface area contributed by atoms with Crippen molar-refractivity contribution in [1.82, 2.24) is 30.1 Å². The maximum Gasteiger partial charge on any atom is 0.157 e. The molecule has 1 atom stereocenters. The fourth-order valence-electron chi connectivity index (χ4n) is 2.06. The van der Waals surface area contributed by atoms with Crippen LogP contribution in [0.1, 0.15) is 17.4 Å². The second kappa shape index (κ2) is 7.67. The Bertz CT molecular complexity index is 586. The van der Waals surface area contributed by atoms with Crippen LogP contribution in [0.2, 0.25) is 0 Å². The van der Waals surface area contributed by atoms with Gasteiger partial charge in [0.15, 0.2) is 5.82 Å². The minimum atomic E-state index is -0.812. The summed E-state index contributed by atoms with van der Waals surface area (Å²) in [4.78, 5) is 6.44. The molecule has 120 valence electrons. The van der Waals surface area contributed by atoms with Gasteiger partial charge >= 0.3 is 0 Å². The normalized spacial score (nSPS) is 13.5. The summed E-state index contributed by atoms with van der Waals surface area (Å²) in [5.41, 5.74) is 0.753. The first-order valence-corrected chi connectivity index (χ1v) is 8.37. The number of thiol groups is 3. The molecular formula is C13H20N6S3. The zero-order valence-corrected chi connectivity index (χ0v) is 15.2. The number of rotatable bonds is 7. The quantitative estimate of drug-likeness (QED) is 0.516. The van der Waals surface area contributed by atoms with Gasteiger partial charge in [-0.25, -0.2) is 4.68 Å². The van der Waals surface area contributed by atoms with Crippen LogP contribution >= 0.6 is 37.9 Å². The van der Waals surface area contributed by atoms with Crippen molar-refractivity contribution in [3.05, 3.63) is 35.9 Å². The molecule has 0 radical (unpaired) electrons. The number of aromatic nitrogens is 5. The molecule has 0 aromatic carbocycles. The van der Waals surface area contributed by atoms with E-state index in [9.17, 15) is 0 Å². The highest BCUT2D eigenvalue weighted by Gasteiger charge is 2.38. The van der Waals surface area contributed by atoms with Gasteiger partial charge in [0.25, 0.3) is 0 Å². The summed E-state index contributed by atoms with van der Waals surface area (Å²) in [7, 11) is 4.02. The smallest absolute Gasteiger partial charge is 0.157 e. The third-order valence-corrected chi connectivity index (χ3v) is 4.79. The van der Waals surface area contributed by atoms with Gasteiger partial charge in [0, 0.05) is 18.5 Å². The number of likely N-dealkylation sites (N-methyl/N-ethyl adjacent to an activating group) is 1. The fraction of sp³-hybridized carbons (Fsp3) is 0.538. The number of nitrogens with zero attached hydrogens (tertiary/aromatic N) is 6. The summed E-state index contributed by atoms with van der Waals surface area (Å²) < 4.78 is 0.971. The van der Waals surface area contributed by atoms with Crippen LogP contribution < -0.4 is 0 Å². The van der Waals surface area contributed by atoms with Gasteiger partial charge in [-0.2, -0.15) is 37.9 Å².